The molecule has 2 atom stereocenters. The molecule has 0 aromatic carbocycles. The first-order valence-corrected chi connectivity index (χ1v) is 10.9. The fraction of sp³-hybridized carbons (Fsp3) is 0.818. The molecule has 2 rings (SSSR count). The molecule has 0 spiro atoms. The molecule has 2 amide bonds. The maximum absolute atomic E-state index is 13.4. The molecule has 2 saturated heterocycles. The van der Waals surface area contributed by atoms with Gasteiger partial charge in [0.25, 0.3) is 0 Å². The molecule has 0 aromatic heterocycles. The molecule has 0 unspecified atom stereocenters. The van der Waals surface area contributed by atoms with Gasteiger partial charge in [-0.15, -0.1) is 0 Å². The predicted molar refractivity (Wildman–Crippen MR) is 110 cm³/mol. The molecular formula is C22H38N3O3. The molecule has 2 fully saturated rings. The summed E-state index contributed by atoms with van der Waals surface area (Å²) in [5.41, 5.74) is 0. The van der Waals surface area contributed by atoms with E-state index in [9.17, 15) is 14.4 Å². The number of piperazine rings is 1. The lowest BCUT2D eigenvalue weighted by Crippen LogP contribution is -2.62. The Hall–Kier alpha value is -1.43. The van der Waals surface area contributed by atoms with E-state index in [1.807, 2.05) is 9.80 Å². The van der Waals surface area contributed by atoms with Gasteiger partial charge in [0.2, 0.25) is 11.8 Å². The Kier molecular flexibility index (Phi) is 8.47. The topological polar surface area (TPSA) is 69.7 Å². The molecule has 2 aliphatic heterocycles. The van der Waals surface area contributed by atoms with E-state index in [2.05, 4.69) is 33.0 Å². The van der Waals surface area contributed by atoms with Crippen molar-refractivity contribution in [2.24, 2.45) is 17.8 Å². The van der Waals surface area contributed by atoms with E-state index in [0.717, 1.165) is 25.8 Å². The van der Waals surface area contributed by atoms with Crippen LogP contribution in [0, 0.1) is 24.2 Å². The molecular weight excluding hydrogens is 354 g/mol. The number of amides is 2. The minimum Gasteiger partial charge on any atom is -0.341 e. The number of likely N-dealkylation sites (tertiary alicyclic amines) is 1. The maximum atomic E-state index is 13.4. The zero-order valence-electron chi connectivity index (χ0n) is 18.2. The Morgan fingerprint density at radius 1 is 1.11 bits per heavy atom. The van der Waals surface area contributed by atoms with Gasteiger partial charge in [0, 0.05) is 38.5 Å². The van der Waals surface area contributed by atoms with E-state index < -0.39 is 6.04 Å². The third kappa shape index (κ3) is 5.79. The fourth-order valence-corrected chi connectivity index (χ4v) is 4.36. The molecule has 1 N–H and O–H groups in total. The number of hydrogen-bond donors (Lipinski definition) is 1. The lowest BCUT2D eigenvalue weighted by atomic mass is 9.90. The zero-order chi connectivity index (χ0) is 20.8. The SMILES string of the molecule is C[CH]C(=O)C1CCN(C(=O)[C@H](CC(C)C)N2CCN[C@@H](CC(C)C)C2=O)CC1. The average molecular weight is 393 g/mol. The number of carbonyl (C=O) groups is 3. The summed E-state index contributed by atoms with van der Waals surface area (Å²) >= 11 is 0. The number of rotatable bonds is 8. The summed E-state index contributed by atoms with van der Waals surface area (Å²) in [5, 5.41) is 3.32. The van der Waals surface area contributed by atoms with Crippen LogP contribution in [0.25, 0.3) is 0 Å². The summed E-state index contributed by atoms with van der Waals surface area (Å²) in [4.78, 5) is 42.1. The molecule has 0 aliphatic carbocycles. The van der Waals surface area contributed by atoms with Crippen molar-refractivity contribution in [3.05, 3.63) is 6.42 Å². The first kappa shape index (κ1) is 22.9. The first-order valence-electron chi connectivity index (χ1n) is 10.9. The average Bonchev–Trinajstić information content (AvgIpc) is 2.66. The Balaban J connectivity index is 2.09. The molecule has 0 aromatic rings. The second kappa shape index (κ2) is 10.4. The lowest BCUT2D eigenvalue weighted by molar-refractivity contribution is -0.150. The van der Waals surface area contributed by atoms with Crippen molar-refractivity contribution in [1.82, 2.24) is 15.1 Å². The van der Waals surface area contributed by atoms with Crippen LogP contribution in [0.4, 0.5) is 0 Å². The van der Waals surface area contributed by atoms with E-state index in [-0.39, 0.29) is 29.6 Å². The van der Waals surface area contributed by atoms with Crippen LogP contribution in [0.1, 0.15) is 60.3 Å². The molecule has 0 saturated carbocycles. The van der Waals surface area contributed by atoms with E-state index >= 15 is 0 Å². The van der Waals surface area contributed by atoms with Crippen LogP contribution in [0.3, 0.4) is 0 Å². The van der Waals surface area contributed by atoms with Gasteiger partial charge in [0.15, 0.2) is 0 Å². The predicted octanol–water partition coefficient (Wildman–Crippen LogP) is 2.28. The van der Waals surface area contributed by atoms with Crippen LogP contribution < -0.4 is 5.32 Å². The van der Waals surface area contributed by atoms with Gasteiger partial charge in [0.1, 0.15) is 11.8 Å². The number of Topliss-reactive ketones (excluding diaryl/α,β-unsaturated/α-hetero) is 1. The Morgan fingerprint density at radius 3 is 2.29 bits per heavy atom. The fourth-order valence-electron chi connectivity index (χ4n) is 4.36. The van der Waals surface area contributed by atoms with Crippen molar-refractivity contribution in [2.75, 3.05) is 26.2 Å². The van der Waals surface area contributed by atoms with Gasteiger partial charge in [0.05, 0.1) is 6.04 Å². The van der Waals surface area contributed by atoms with Crippen LogP contribution >= 0.6 is 0 Å². The number of nitrogens with zero attached hydrogens (tertiary/aromatic N) is 2. The smallest absolute Gasteiger partial charge is 0.245 e. The van der Waals surface area contributed by atoms with Crippen molar-refractivity contribution < 1.29 is 14.4 Å². The van der Waals surface area contributed by atoms with Gasteiger partial charge in [-0.2, -0.15) is 0 Å². The summed E-state index contributed by atoms with van der Waals surface area (Å²) in [7, 11) is 0. The number of carbonyl (C=O) groups excluding carboxylic acids is 3. The van der Waals surface area contributed by atoms with Gasteiger partial charge in [-0.25, -0.2) is 0 Å². The zero-order valence-corrected chi connectivity index (χ0v) is 18.2. The summed E-state index contributed by atoms with van der Waals surface area (Å²) in [6, 6.07) is -0.589. The highest BCUT2D eigenvalue weighted by atomic mass is 16.2. The second-order valence-electron chi connectivity index (χ2n) is 9.10. The molecule has 2 aliphatic rings. The molecule has 28 heavy (non-hydrogen) atoms. The standard InChI is InChI=1S/C22H38N3O3/c1-6-20(26)17-7-10-24(11-8-17)22(28)19(14-16(4)5)25-12-9-23-18(21(25)27)13-15(2)3/h6,15-19,23H,7-14H2,1-5H3/t18-,19-/m0/s1. The second-order valence-corrected chi connectivity index (χ2v) is 9.10. The van der Waals surface area contributed by atoms with Gasteiger partial charge < -0.3 is 15.1 Å². The van der Waals surface area contributed by atoms with Gasteiger partial charge in [-0.3, -0.25) is 14.4 Å². The number of nitrogens with one attached hydrogen (secondary N) is 1. The maximum Gasteiger partial charge on any atom is 0.245 e. The van der Waals surface area contributed by atoms with Crippen LogP contribution in [-0.2, 0) is 14.4 Å². The van der Waals surface area contributed by atoms with Crippen molar-refractivity contribution >= 4 is 17.6 Å². The third-order valence-electron chi connectivity index (χ3n) is 5.88. The highest BCUT2D eigenvalue weighted by Crippen LogP contribution is 2.24. The Labute approximate surface area is 170 Å². The molecule has 1 radical (unpaired) electrons. The van der Waals surface area contributed by atoms with Crippen LogP contribution in [-0.4, -0.2) is 65.7 Å². The van der Waals surface area contributed by atoms with Crippen LogP contribution in [0.5, 0.6) is 0 Å². The van der Waals surface area contributed by atoms with Crippen molar-refractivity contribution in [3.8, 4) is 0 Å². The summed E-state index contributed by atoms with van der Waals surface area (Å²) in [6.07, 6.45) is 4.54. The summed E-state index contributed by atoms with van der Waals surface area (Å²) < 4.78 is 0. The largest absolute Gasteiger partial charge is 0.341 e. The van der Waals surface area contributed by atoms with Gasteiger partial charge in [-0.05, 0) is 37.5 Å². The number of hydrogen-bond acceptors (Lipinski definition) is 4. The summed E-state index contributed by atoms with van der Waals surface area (Å²) in [5.74, 6) is 1.08. The molecule has 2 heterocycles. The van der Waals surface area contributed by atoms with E-state index in [1.54, 1.807) is 13.3 Å². The van der Waals surface area contributed by atoms with Crippen molar-refractivity contribution in [2.45, 2.75) is 72.4 Å². The van der Waals surface area contributed by atoms with Crippen LogP contribution in [0.15, 0.2) is 0 Å². The Morgan fingerprint density at radius 2 is 1.75 bits per heavy atom. The van der Waals surface area contributed by atoms with Crippen molar-refractivity contribution in [1.29, 1.82) is 0 Å². The number of ketones is 1. The monoisotopic (exact) mass is 392 g/mol. The molecule has 159 valence electrons. The van der Waals surface area contributed by atoms with E-state index in [0.29, 0.717) is 37.9 Å². The molecule has 6 nitrogen and oxygen atoms in total. The number of piperidine rings is 1. The highest BCUT2D eigenvalue weighted by molar-refractivity contribution is 5.91. The van der Waals surface area contributed by atoms with Gasteiger partial charge >= 0.3 is 0 Å². The first-order chi connectivity index (χ1) is 13.2. The van der Waals surface area contributed by atoms with E-state index in [4.69, 9.17) is 0 Å². The van der Waals surface area contributed by atoms with Crippen molar-refractivity contribution in [3.63, 3.8) is 0 Å². The van der Waals surface area contributed by atoms with E-state index in [1.165, 1.54) is 0 Å². The quantitative estimate of drug-likeness (QED) is 0.688. The molecule has 0 bridgehead atoms. The summed E-state index contributed by atoms with van der Waals surface area (Å²) in [6.45, 7) is 12.7. The normalized spacial score (nSPS) is 22.8. The van der Waals surface area contributed by atoms with Crippen LogP contribution in [0.2, 0.25) is 0 Å². The molecule has 6 heteroatoms. The minimum atomic E-state index is -0.394. The van der Waals surface area contributed by atoms with Gasteiger partial charge in [-0.1, -0.05) is 34.6 Å². The third-order valence-corrected chi connectivity index (χ3v) is 5.88. The highest BCUT2D eigenvalue weighted by Gasteiger charge is 2.39. The Bertz CT molecular complexity index is 553. The lowest BCUT2D eigenvalue weighted by Gasteiger charge is -2.42. The minimum absolute atomic E-state index is 0.0360.